The van der Waals surface area contributed by atoms with Crippen LogP contribution in [0.15, 0.2) is 21.4 Å². The van der Waals surface area contributed by atoms with E-state index in [1.165, 1.54) is 0 Å². The van der Waals surface area contributed by atoms with E-state index in [1.54, 1.807) is 0 Å². The van der Waals surface area contributed by atoms with Crippen LogP contribution in [0.5, 0.6) is 0 Å². The van der Waals surface area contributed by atoms with Crippen LogP contribution in [0.1, 0.15) is 5.56 Å². The van der Waals surface area contributed by atoms with Gasteiger partial charge in [0.15, 0.2) is 11.6 Å². The van der Waals surface area contributed by atoms with Gasteiger partial charge in [-0.15, -0.1) is 4.40 Å². The average Bonchev–Trinajstić information content (AvgIpc) is 2.29. The fourth-order valence-electron chi connectivity index (χ4n) is 1.21. The van der Waals surface area contributed by atoms with Gasteiger partial charge >= 0.3 is 0 Å². The SMILES string of the molecule is NC1=NS(=O)(=O)c2c1ccc(F)c2F. The van der Waals surface area contributed by atoms with Gasteiger partial charge in [0.05, 0.1) is 0 Å². The van der Waals surface area contributed by atoms with Gasteiger partial charge in [-0.05, 0) is 12.1 Å². The Morgan fingerprint density at radius 1 is 1.29 bits per heavy atom. The molecule has 0 radical (unpaired) electrons. The Labute approximate surface area is 78.1 Å². The van der Waals surface area contributed by atoms with Gasteiger partial charge in [0, 0.05) is 5.56 Å². The van der Waals surface area contributed by atoms with Crippen molar-refractivity contribution in [3.8, 4) is 0 Å². The van der Waals surface area contributed by atoms with Crippen LogP contribution in [0, 0.1) is 11.6 Å². The van der Waals surface area contributed by atoms with Crippen molar-refractivity contribution in [1.29, 1.82) is 0 Å². The molecule has 74 valence electrons. The van der Waals surface area contributed by atoms with Gasteiger partial charge in [-0.1, -0.05) is 0 Å². The summed E-state index contributed by atoms with van der Waals surface area (Å²) in [7, 11) is -4.16. The van der Waals surface area contributed by atoms with E-state index in [9.17, 15) is 17.2 Å². The van der Waals surface area contributed by atoms with Gasteiger partial charge in [-0.2, -0.15) is 8.42 Å². The van der Waals surface area contributed by atoms with Gasteiger partial charge in [-0.25, -0.2) is 8.78 Å². The highest BCUT2D eigenvalue weighted by molar-refractivity contribution is 7.90. The maximum atomic E-state index is 13.1. The van der Waals surface area contributed by atoms with E-state index >= 15 is 0 Å². The van der Waals surface area contributed by atoms with Gasteiger partial charge in [0.25, 0.3) is 10.0 Å². The minimum Gasteiger partial charge on any atom is -0.382 e. The minimum atomic E-state index is -4.16. The lowest BCUT2D eigenvalue weighted by Crippen LogP contribution is -2.10. The lowest BCUT2D eigenvalue weighted by atomic mass is 10.2. The van der Waals surface area contributed by atoms with Crippen molar-refractivity contribution in [2.45, 2.75) is 4.90 Å². The molecule has 0 saturated carbocycles. The first kappa shape index (κ1) is 9.07. The number of sulfonamides is 1. The van der Waals surface area contributed by atoms with Crippen LogP contribution in [0.25, 0.3) is 0 Å². The van der Waals surface area contributed by atoms with Crippen LogP contribution >= 0.6 is 0 Å². The second kappa shape index (κ2) is 2.50. The second-order valence-corrected chi connectivity index (χ2v) is 4.23. The number of benzene rings is 1. The molecule has 4 nitrogen and oxygen atoms in total. The minimum absolute atomic E-state index is 0.0936. The maximum absolute atomic E-state index is 13.1. The number of fused-ring (bicyclic) bond motifs is 1. The highest BCUT2D eigenvalue weighted by atomic mass is 32.2. The quantitative estimate of drug-likeness (QED) is 0.683. The molecular weight excluding hydrogens is 214 g/mol. The van der Waals surface area contributed by atoms with E-state index in [2.05, 4.69) is 4.40 Å². The first-order chi connectivity index (χ1) is 6.43. The summed E-state index contributed by atoms with van der Waals surface area (Å²) in [4.78, 5) is -0.782. The third kappa shape index (κ3) is 1.02. The lowest BCUT2D eigenvalue weighted by molar-refractivity contribution is 0.485. The van der Waals surface area contributed by atoms with Crippen molar-refractivity contribution < 1.29 is 17.2 Å². The van der Waals surface area contributed by atoms with Crippen molar-refractivity contribution in [2.75, 3.05) is 0 Å². The normalized spacial score (nSPS) is 17.7. The lowest BCUT2D eigenvalue weighted by Gasteiger charge is -1.99. The molecule has 14 heavy (non-hydrogen) atoms. The first-order valence-corrected chi connectivity index (χ1v) is 4.96. The van der Waals surface area contributed by atoms with Gasteiger partial charge in [-0.3, -0.25) is 0 Å². The second-order valence-electron chi connectivity index (χ2n) is 2.69. The van der Waals surface area contributed by atoms with Crippen molar-refractivity contribution in [1.82, 2.24) is 0 Å². The molecule has 0 aliphatic carbocycles. The van der Waals surface area contributed by atoms with Gasteiger partial charge < -0.3 is 5.73 Å². The summed E-state index contributed by atoms with van der Waals surface area (Å²) in [6.45, 7) is 0. The fourth-order valence-corrected chi connectivity index (χ4v) is 2.43. The van der Waals surface area contributed by atoms with E-state index in [1.807, 2.05) is 0 Å². The van der Waals surface area contributed by atoms with Crippen molar-refractivity contribution in [3.63, 3.8) is 0 Å². The molecule has 0 bridgehead atoms. The van der Waals surface area contributed by atoms with Crippen LogP contribution in [0.2, 0.25) is 0 Å². The molecule has 1 heterocycles. The summed E-state index contributed by atoms with van der Waals surface area (Å²) in [5.41, 5.74) is 5.13. The van der Waals surface area contributed by atoms with E-state index in [-0.39, 0.29) is 11.4 Å². The van der Waals surface area contributed by atoms with Crippen molar-refractivity contribution >= 4 is 15.9 Å². The largest absolute Gasteiger partial charge is 0.382 e. The Morgan fingerprint density at radius 2 is 1.93 bits per heavy atom. The molecule has 1 aromatic carbocycles. The standard InChI is InChI=1S/C7H4F2N2O2S/c8-4-2-1-3-6(5(4)9)14(12,13)11-7(3)10/h1-2H,(H2,10,11). The summed E-state index contributed by atoms with van der Waals surface area (Å²) in [6, 6.07) is 1.88. The molecule has 1 aliphatic rings. The Hall–Kier alpha value is -1.50. The topological polar surface area (TPSA) is 72.5 Å². The van der Waals surface area contributed by atoms with Gasteiger partial charge in [0.1, 0.15) is 10.7 Å². The molecule has 0 atom stereocenters. The van der Waals surface area contributed by atoms with Crippen LogP contribution < -0.4 is 5.73 Å². The van der Waals surface area contributed by atoms with Crippen LogP contribution in [0.3, 0.4) is 0 Å². The highest BCUT2D eigenvalue weighted by Crippen LogP contribution is 2.28. The first-order valence-electron chi connectivity index (χ1n) is 3.52. The molecule has 0 fully saturated rings. The Bertz CT molecular complexity index is 551. The number of nitrogens with two attached hydrogens (primary N) is 1. The average molecular weight is 218 g/mol. The number of hydrogen-bond acceptors (Lipinski definition) is 3. The summed E-state index contributed by atoms with van der Waals surface area (Å²) in [6.07, 6.45) is 0. The third-order valence-electron chi connectivity index (χ3n) is 1.80. The fraction of sp³-hybridized carbons (Fsp3) is 0. The van der Waals surface area contributed by atoms with E-state index in [0.29, 0.717) is 0 Å². The van der Waals surface area contributed by atoms with E-state index < -0.39 is 26.6 Å². The molecule has 0 aromatic heterocycles. The van der Waals surface area contributed by atoms with Crippen LogP contribution in [-0.2, 0) is 10.0 Å². The monoisotopic (exact) mass is 218 g/mol. The summed E-state index contributed by atoms with van der Waals surface area (Å²) >= 11 is 0. The number of hydrogen-bond donors (Lipinski definition) is 1. The van der Waals surface area contributed by atoms with Crippen LogP contribution in [0.4, 0.5) is 8.78 Å². The van der Waals surface area contributed by atoms with Crippen molar-refractivity contribution in [2.24, 2.45) is 10.1 Å². The van der Waals surface area contributed by atoms with E-state index in [4.69, 9.17) is 5.73 Å². The van der Waals surface area contributed by atoms with Gasteiger partial charge in [0.2, 0.25) is 0 Å². The molecular formula is C7H4F2N2O2S. The molecule has 1 aromatic rings. The molecule has 0 unspecified atom stereocenters. The molecule has 1 aliphatic heterocycles. The number of halogens is 2. The highest BCUT2D eigenvalue weighted by Gasteiger charge is 2.32. The third-order valence-corrected chi connectivity index (χ3v) is 3.15. The zero-order chi connectivity index (χ0) is 10.5. The zero-order valence-electron chi connectivity index (χ0n) is 6.66. The number of nitrogens with zero attached hydrogens (tertiary/aromatic N) is 1. The predicted octanol–water partition coefficient (Wildman–Crippen LogP) is 0.372. The Balaban J connectivity index is 2.91. The Kier molecular flexibility index (Phi) is 1.62. The molecule has 2 N–H and O–H groups in total. The predicted molar refractivity (Wildman–Crippen MR) is 44.3 cm³/mol. The van der Waals surface area contributed by atoms with E-state index in [0.717, 1.165) is 12.1 Å². The van der Waals surface area contributed by atoms with Crippen molar-refractivity contribution in [3.05, 3.63) is 29.3 Å². The Morgan fingerprint density at radius 3 is 2.57 bits per heavy atom. The molecule has 0 spiro atoms. The summed E-state index contributed by atoms with van der Waals surface area (Å²) in [5, 5.41) is 0. The van der Waals surface area contributed by atoms with Crippen LogP contribution in [-0.4, -0.2) is 14.3 Å². The molecule has 2 rings (SSSR count). The molecule has 0 saturated heterocycles. The zero-order valence-corrected chi connectivity index (χ0v) is 7.48. The molecule has 7 heteroatoms. The maximum Gasteiger partial charge on any atom is 0.288 e. The smallest absolute Gasteiger partial charge is 0.288 e. The summed E-state index contributed by atoms with van der Waals surface area (Å²) < 4.78 is 51.2. The molecule has 0 amide bonds. The summed E-state index contributed by atoms with van der Waals surface area (Å²) in [5.74, 6) is -3.00. The number of amidine groups is 1. The number of rotatable bonds is 0.